The Morgan fingerprint density at radius 1 is 0.711 bits per heavy atom. The van der Waals surface area contributed by atoms with E-state index >= 15 is 0 Å². The van der Waals surface area contributed by atoms with E-state index in [-0.39, 0.29) is 20.1 Å². The molecule has 0 unspecified atom stereocenters. The van der Waals surface area contributed by atoms with Crippen LogP contribution in [0.2, 0.25) is 17.3 Å². The van der Waals surface area contributed by atoms with Gasteiger partial charge >= 0.3 is 99.8 Å². The van der Waals surface area contributed by atoms with E-state index in [0.29, 0.717) is 5.92 Å². The first-order valence-corrected chi connectivity index (χ1v) is 22.4. The number of pyridine rings is 2. The number of nitrogens with zero attached hydrogens (tertiary/aromatic N) is 2. The van der Waals surface area contributed by atoms with Gasteiger partial charge in [-0.2, -0.15) is 0 Å². The Bertz CT molecular complexity index is 2010. The molecule has 1 radical (unpaired) electrons. The van der Waals surface area contributed by atoms with Gasteiger partial charge in [0.05, 0.1) is 5.58 Å². The molecule has 0 saturated heterocycles. The fourth-order valence-corrected chi connectivity index (χ4v) is 7.40. The van der Waals surface area contributed by atoms with Gasteiger partial charge in [-0.05, 0) is 28.6 Å². The van der Waals surface area contributed by atoms with Gasteiger partial charge in [0, 0.05) is 31.9 Å². The van der Waals surface area contributed by atoms with Crippen molar-refractivity contribution in [1.82, 2.24) is 9.97 Å². The topological polar surface area (TPSA) is 38.9 Å². The maximum Gasteiger partial charge on any atom is 0 e. The number of rotatable bonds is 5. The van der Waals surface area contributed by atoms with Crippen LogP contribution in [0.3, 0.4) is 0 Å². The van der Waals surface area contributed by atoms with E-state index in [4.69, 9.17) is 4.42 Å². The SMILES string of the molecule is CC(C)c1ccnc(-c2[c-]cc3c(c2)oc2c(-c4ccccc4)cccc23)c1.[CH3][Ge]([CH3])([CH3])[c]1ccc(-c2[c-]cccc2)nc1.[Ir]. The number of aromatic nitrogens is 2. The van der Waals surface area contributed by atoms with Gasteiger partial charge in [-0.1, -0.05) is 85.5 Å². The predicted octanol–water partition coefficient (Wildman–Crippen LogP) is 10.3. The van der Waals surface area contributed by atoms with Gasteiger partial charge in [0.15, 0.2) is 0 Å². The van der Waals surface area contributed by atoms with E-state index in [0.717, 1.165) is 55.6 Å². The van der Waals surface area contributed by atoms with E-state index in [1.165, 1.54) is 9.96 Å². The maximum atomic E-state index is 6.33. The van der Waals surface area contributed by atoms with Gasteiger partial charge in [-0.3, -0.25) is 0 Å². The fourth-order valence-electron chi connectivity index (χ4n) is 5.23. The molecule has 45 heavy (non-hydrogen) atoms. The molecule has 3 nitrogen and oxygen atoms in total. The zero-order valence-electron chi connectivity index (χ0n) is 26.3. The van der Waals surface area contributed by atoms with Gasteiger partial charge in [0.2, 0.25) is 0 Å². The first kappa shape index (κ1) is 32.6. The van der Waals surface area contributed by atoms with E-state index in [2.05, 4.69) is 126 Å². The first-order chi connectivity index (χ1) is 21.3. The monoisotopic (exact) mass is 827 g/mol. The Kier molecular flexibility index (Phi) is 10.2. The van der Waals surface area contributed by atoms with E-state index < -0.39 is 13.3 Å². The van der Waals surface area contributed by atoms with Gasteiger partial charge in [-0.25, -0.2) is 0 Å². The molecule has 0 atom stereocenters. The van der Waals surface area contributed by atoms with Crippen molar-refractivity contribution in [2.24, 2.45) is 0 Å². The summed E-state index contributed by atoms with van der Waals surface area (Å²) in [6.07, 6.45) is 3.91. The second kappa shape index (κ2) is 14.1. The van der Waals surface area contributed by atoms with Crippen molar-refractivity contribution in [3.05, 3.63) is 139 Å². The quantitative estimate of drug-likeness (QED) is 0.128. The van der Waals surface area contributed by atoms with Crippen molar-refractivity contribution in [1.29, 1.82) is 0 Å². The first-order valence-electron chi connectivity index (χ1n) is 15.1. The molecule has 4 aromatic carbocycles. The molecule has 7 rings (SSSR count). The van der Waals surface area contributed by atoms with Crippen molar-refractivity contribution in [2.75, 3.05) is 0 Å². The van der Waals surface area contributed by atoms with Crippen LogP contribution in [-0.2, 0) is 20.1 Å². The zero-order chi connectivity index (χ0) is 30.7. The molecule has 0 aliphatic heterocycles. The van der Waals surface area contributed by atoms with Gasteiger partial charge in [0.25, 0.3) is 0 Å². The molecule has 3 heterocycles. The van der Waals surface area contributed by atoms with Crippen LogP contribution in [0.5, 0.6) is 0 Å². The molecule has 0 N–H and O–H groups in total. The summed E-state index contributed by atoms with van der Waals surface area (Å²) in [6.45, 7) is 4.38. The van der Waals surface area contributed by atoms with Crippen LogP contribution in [-0.4, -0.2) is 23.2 Å². The Labute approximate surface area is 282 Å². The molecule has 0 aliphatic carbocycles. The second-order valence-corrected chi connectivity index (χ2v) is 23.0. The van der Waals surface area contributed by atoms with Crippen LogP contribution >= 0.6 is 0 Å². The second-order valence-electron chi connectivity index (χ2n) is 12.4. The van der Waals surface area contributed by atoms with Crippen molar-refractivity contribution >= 4 is 39.6 Å². The summed E-state index contributed by atoms with van der Waals surface area (Å²) in [5, 5.41) is 2.19. The molecular formula is C40H36GeIrN2O-2. The van der Waals surface area contributed by atoms with Crippen LogP contribution in [0.1, 0.15) is 25.3 Å². The standard InChI is InChI=1S/C26H20NO.C14H16GeN.Ir/c1-17(2)19-13-14-27-24(15-19)20-11-12-22-23-10-6-9-21(18-7-4-3-5-8-18)26(23)28-25(22)16-20;1-15(2,3)13-9-10-14(16-11-13)12-7-5-4-6-8-12;/h3-10,12-17H,1-2H3;4-7,9-11H,1-3H3;/q2*-1;. The van der Waals surface area contributed by atoms with Crippen LogP contribution in [0, 0.1) is 12.1 Å². The summed E-state index contributed by atoms with van der Waals surface area (Å²) in [7, 11) is 0. The maximum absolute atomic E-state index is 6.33. The minimum Gasteiger partial charge on any atom is 0 e. The van der Waals surface area contributed by atoms with Crippen LogP contribution in [0.4, 0.5) is 0 Å². The molecule has 5 heteroatoms. The molecule has 227 valence electrons. The molecule has 0 fully saturated rings. The normalized spacial score (nSPS) is 11.2. The summed E-state index contributed by atoms with van der Waals surface area (Å²) in [5.41, 5.74) is 9.27. The van der Waals surface area contributed by atoms with Crippen LogP contribution < -0.4 is 4.40 Å². The smallest absolute Gasteiger partial charge is 0 e. The number of fused-ring (bicyclic) bond motifs is 3. The third-order valence-corrected chi connectivity index (χ3v) is 12.1. The van der Waals surface area contributed by atoms with Crippen molar-refractivity contribution in [3.8, 4) is 33.6 Å². The van der Waals surface area contributed by atoms with Gasteiger partial charge in [0.1, 0.15) is 5.58 Å². The number of para-hydroxylation sites is 1. The van der Waals surface area contributed by atoms with Gasteiger partial charge in [-0.15, -0.1) is 17.7 Å². The number of benzene rings is 4. The molecule has 0 bridgehead atoms. The Morgan fingerprint density at radius 3 is 2.20 bits per heavy atom. The third-order valence-electron chi connectivity index (χ3n) is 7.86. The molecule has 0 amide bonds. The van der Waals surface area contributed by atoms with Gasteiger partial charge < -0.3 is 9.40 Å². The summed E-state index contributed by atoms with van der Waals surface area (Å²) >= 11 is -1.72. The molecule has 0 aliphatic rings. The van der Waals surface area contributed by atoms with E-state index in [1.54, 1.807) is 0 Å². The largest absolute Gasteiger partial charge is 0 e. The molecule has 7 aromatic rings. The van der Waals surface area contributed by atoms with Crippen molar-refractivity contribution < 1.29 is 24.5 Å². The summed E-state index contributed by atoms with van der Waals surface area (Å²) in [5.74, 6) is 7.60. The summed E-state index contributed by atoms with van der Waals surface area (Å²) in [4.78, 5) is 9.08. The fraction of sp³-hybridized carbons (Fsp3) is 0.150. The number of furan rings is 1. The number of hydrogen-bond acceptors (Lipinski definition) is 3. The molecule has 3 aromatic heterocycles. The summed E-state index contributed by atoms with van der Waals surface area (Å²) in [6, 6.07) is 43.8. The Balaban J connectivity index is 0.000000202. The van der Waals surface area contributed by atoms with Crippen molar-refractivity contribution in [3.63, 3.8) is 0 Å². The summed E-state index contributed by atoms with van der Waals surface area (Å²) < 4.78 is 7.77. The minimum absolute atomic E-state index is 0. The molecule has 0 spiro atoms. The van der Waals surface area contributed by atoms with Crippen LogP contribution in [0.15, 0.2) is 126 Å². The van der Waals surface area contributed by atoms with Crippen LogP contribution in [0.25, 0.3) is 55.6 Å². The van der Waals surface area contributed by atoms with Crippen molar-refractivity contribution in [2.45, 2.75) is 37.0 Å². The Morgan fingerprint density at radius 2 is 1.51 bits per heavy atom. The third kappa shape index (κ3) is 7.36. The van der Waals surface area contributed by atoms with E-state index in [1.807, 2.05) is 48.8 Å². The molecular weight excluding hydrogens is 789 g/mol. The predicted molar refractivity (Wildman–Crippen MR) is 187 cm³/mol. The van der Waals surface area contributed by atoms with E-state index in [9.17, 15) is 0 Å². The number of hydrogen-bond donors (Lipinski definition) is 0. The zero-order valence-corrected chi connectivity index (χ0v) is 30.8. The Hall–Kier alpha value is -3.83. The average Bonchev–Trinajstić information content (AvgIpc) is 3.44. The average molecular weight is 826 g/mol. The minimum atomic E-state index is -1.72. The molecule has 0 saturated carbocycles.